The monoisotopic (exact) mass is 190 g/mol. The van der Waals surface area contributed by atoms with E-state index in [0.717, 1.165) is 0 Å². The molecule has 0 aromatic heterocycles. The number of fused-ring (bicyclic) bond motifs is 1. The van der Waals surface area contributed by atoms with Gasteiger partial charge in [0.1, 0.15) is 5.82 Å². The zero-order chi connectivity index (χ0) is 10.1. The van der Waals surface area contributed by atoms with Gasteiger partial charge in [0.05, 0.1) is 0 Å². The Hall–Kier alpha value is -1.39. The van der Waals surface area contributed by atoms with Crippen molar-refractivity contribution in [1.82, 2.24) is 0 Å². The summed E-state index contributed by atoms with van der Waals surface area (Å²) in [5.41, 5.74) is 0.364. The molecule has 2 aromatic rings. The molecule has 0 spiro atoms. The molecule has 0 atom stereocenters. The van der Waals surface area contributed by atoms with Crippen molar-refractivity contribution >= 4 is 23.4 Å². The Morgan fingerprint density at radius 1 is 1.07 bits per heavy atom. The summed E-state index contributed by atoms with van der Waals surface area (Å²) in [6.07, 6.45) is 0. The smallest absolute Gasteiger partial charge is 0.423 e. The molecule has 0 radical (unpaired) electrons. The van der Waals surface area contributed by atoms with Crippen molar-refractivity contribution in [3.63, 3.8) is 0 Å². The van der Waals surface area contributed by atoms with Crippen LogP contribution in [-0.2, 0) is 0 Å². The van der Waals surface area contributed by atoms with Crippen LogP contribution >= 0.6 is 0 Å². The predicted octanol–water partition coefficient (Wildman–Crippen LogP) is 0.659. The Morgan fingerprint density at radius 2 is 1.86 bits per heavy atom. The van der Waals surface area contributed by atoms with Crippen LogP contribution in [0.1, 0.15) is 0 Å². The molecular formula is C10H8BFO2. The lowest BCUT2D eigenvalue weighted by Gasteiger charge is -2.02. The second kappa shape index (κ2) is 3.40. The van der Waals surface area contributed by atoms with Gasteiger partial charge in [-0.1, -0.05) is 30.3 Å². The first-order chi connectivity index (χ1) is 6.68. The van der Waals surface area contributed by atoms with Crippen LogP contribution in [0.25, 0.3) is 10.8 Å². The van der Waals surface area contributed by atoms with Crippen molar-refractivity contribution in [3.8, 4) is 0 Å². The first-order valence-corrected chi connectivity index (χ1v) is 4.23. The van der Waals surface area contributed by atoms with Crippen LogP contribution in [0.3, 0.4) is 0 Å². The maximum absolute atomic E-state index is 13.2. The minimum absolute atomic E-state index is 0.304. The fraction of sp³-hybridized carbons (Fsp3) is 0. The minimum atomic E-state index is -1.51. The van der Waals surface area contributed by atoms with E-state index in [1.807, 2.05) is 0 Å². The van der Waals surface area contributed by atoms with E-state index in [1.165, 1.54) is 12.1 Å². The Bertz CT molecular complexity index is 471. The number of hydrogen-bond donors (Lipinski definition) is 2. The van der Waals surface area contributed by atoms with Crippen molar-refractivity contribution < 1.29 is 14.4 Å². The molecule has 0 saturated heterocycles. The van der Waals surface area contributed by atoms with Crippen LogP contribution in [0.2, 0.25) is 0 Å². The van der Waals surface area contributed by atoms with E-state index in [0.29, 0.717) is 16.2 Å². The summed E-state index contributed by atoms with van der Waals surface area (Å²) in [5.74, 6) is -0.304. The first kappa shape index (κ1) is 9.18. The minimum Gasteiger partial charge on any atom is -0.423 e. The third kappa shape index (κ3) is 1.50. The number of halogens is 1. The molecule has 4 heteroatoms. The number of hydrogen-bond acceptors (Lipinski definition) is 2. The Kier molecular flexibility index (Phi) is 2.23. The van der Waals surface area contributed by atoms with Crippen molar-refractivity contribution in [3.05, 3.63) is 42.2 Å². The van der Waals surface area contributed by atoms with Crippen LogP contribution in [0.15, 0.2) is 36.4 Å². The maximum atomic E-state index is 13.2. The Morgan fingerprint density at radius 3 is 2.57 bits per heavy atom. The third-order valence-corrected chi connectivity index (χ3v) is 2.15. The third-order valence-electron chi connectivity index (χ3n) is 2.15. The molecule has 0 fully saturated rings. The van der Waals surface area contributed by atoms with Crippen molar-refractivity contribution in [1.29, 1.82) is 0 Å². The SMILES string of the molecule is OB(O)c1ccc2c(F)cccc2c1. The summed E-state index contributed by atoms with van der Waals surface area (Å²) >= 11 is 0. The lowest BCUT2D eigenvalue weighted by atomic mass is 9.79. The van der Waals surface area contributed by atoms with Gasteiger partial charge >= 0.3 is 7.12 Å². The fourth-order valence-electron chi connectivity index (χ4n) is 1.42. The van der Waals surface area contributed by atoms with Gasteiger partial charge in [-0.2, -0.15) is 0 Å². The highest BCUT2D eigenvalue weighted by Crippen LogP contribution is 2.15. The Labute approximate surface area is 80.8 Å². The van der Waals surface area contributed by atoms with E-state index in [4.69, 9.17) is 10.0 Å². The molecule has 70 valence electrons. The van der Waals surface area contributed by atoms with Gasteiger partial charge in [0.25, 0.3) is 0 Å². The summed E-state index contributed by atoms with van der Waals surface area (Å²) < 4.78 is 13.2. The lowest BCUT2D eigenvalue weighted by Crippen LogP contribution is -2.29. The molecule has 0 aliphatic heterocycles. The predicted molar refractivity (Wildman–Crippen MR) is 53.7 cm³/mol. The summed E-state index contributed by atoms with van der Waals surface area (Å²) in [6, 6.07) is 9.28. The molecular weight excluding hydrogens is 182 g/mol. The van der Waals surface area contributed by atoms with Gasteiger partial charge in [-0.25, -0.2) is 4.39 Å². The number of rotatable bonds is 1. The van der Waals surface area contributed by atoms with Crippen LogP contribution in [-0.4, -0.2) is 17.2 Å². The summed E-state index contributed by atoms with van der Waals surface area (Å²) in [5, 5.41) is 19.0. The van der Waals surface area contributed by atoms with Gasteiger partial charge < -0.3 is 10.0 Å². The van der Waals surface area contributed by atoms with E-state index < -0.39 is 7.12 Å². The molecule has 2 aromatic carbocycles. The van der Waals surface area contributed by atoms with E-state index in [9.17, 15) is 4.39 Å². The standard InChI is InChI=1S/C10H8BFO2/c12-10-3-1-2-7-6-8(11(13)14)4-5-9(7)10/h1-6,13-14H. The molecule has 0 saturated carbocycles. The summed E-state index contributed by atoms with van der Waals surface area (Å²) in [6.45, 7) is 0. The topological polar surface area (TPSA) is 40.5 Å². The molecule has 0 heterocycles. The average Bonchev–Trinajstić information content (AvgIpc) is 2.17. The largest absolute Gasteiger partial charge is 0.488 e. The van der Waals surface area contributed by atoms with Crippen LogP contribution < -0.4 is 5.46 Å². The molecule has 0 aliphatic rings. The molecule has 2 nitrogen and oxygen atoms in total. The molecule has 0 bridgehead atoms. The average molecular weight is 190 g/mol. The van der Waals surface area contributed by atoms with Gasteiger partial charge in [-0.15, -0.1) is 0 Å². The maximum Gasteiger partial charge on any atom is 0.488 e. The first-order valence-electron chi connectivity index (χ1n) is 4.23. The molecule has 2 N–H and O–H groups in total. The quantitative estimate of drug-likeness (QED) is 0.648. The molecule has 2 rings (SSSR count). The molecule has 0 aliphatic carbocycles. The van der Waals surface area contributed by atoms with Crippen LogP contribution in [0, 0.1) is 5.82 Å². The molecule has 0 amide bonds. The van der Waals surface area contributed by atoms with E-state index >= 15 is 0 Å². The summed E-state index contributed by atoms with van der Waals surface area (Å²) in [7, 11) is -1.51. The zero-order valence-corrected chi connectivity index (χ0v) is 7.31. The zero-order valence-electron chi connectivity index (χ0n) is 7.31. The molecule has 0 unspecified atom stereocenters. The van der Waals surface area contributed by atoms with Crippen molar-refractivity contribution in [2.75, 3.05) is 0 Å². The van der Waals surface area contributed by atoms with E-state index in [-0.39, 0.29) is 5.82 Å². The van der Waals surface area contributed by atoms with Gasteiger partial charge in [-0.05, 0) is 16.9 Å². The van der Waals surface area contributed by atoms with Crippen molar-refractivity contribution in [2.24, 2.45) is 0 Å². The van der Waals surface area contributed by atoms with Crippen LogP contribution in [0.5, 0.6) is 0 Å². The Balaban J connectivity index is 2.67. The number of benzene rings is 2. The second-order valence-electron chi connectivity index (χ2n) is 3.09. The highest BCUT2D eigenvalue weighted by atomic mass is 19.1. The molecule has 14 heavy (non-hydrogen) atoms. The van der Waals surface area contributed by atoms with Gasteiger partial charge in [-0.3, -0.25) is 0 Å². The van der Waals surface area contributed by atoms with E-state index in [1.54, 1.807) is 24.3 Å². The fourth-order valence-corrected chi connectivity index (χ4v) is 1.42. The lowest BCUT2D eigenvalue weighted by molar-refractivity contribution is 0.426. The van der Waals surface area contributed by atoms with Gasteiger partial charge in [0.15, 0.2) is 0 Å². The normalized spacial score (nSPS) is 10.5. The van der Waals surface area contributed by atoms with Gasteiger partial charge in [0.2, 0.25) is 0 Å². The highest BCUT2D eigenvalue weighted by Gasteiger charge is 2.11. The van der Waals surface area contributed by atoms with E-state index in [2.05, 4.69) is 0 Å². The second-order valence-corrected chi connectivity index (χ2v) is 3.09. The highest BCUT2D eigenvalue weighted by molar-refractivity contribution is 6.58. The van der Waals surface area contributed by atoms with Crippen LogP contribution in [0.4, 0.5) is 4.39 Å². The van der Waals surface area contributed by atoms with Crippen molar-refractivity contribution in [2.45, 2.75) is 0 Å². The summed E-state index contributed by atoms with van der Waals surface area (Å²) in [4.78, 5) is 0. The van der Waals surface area contributed by atoms with Gasteiger partial charge in [0, 0.05) is 5.39 Å².